The highest BCUT2D eigenvalue weighted by Crippen LogP contribution is 2.37. The summed E-state index contributed by atoms with van der Waals surface area (Å²) in [5, 5.41) is 8.76. The summed E-state index contributed by atoms with van der Waals surface area (Å²) in [6, 6.07) is 37.3. The molecule has 0 aliphatic carbocycles. The maximum atomic E-state index is 13.5. The minimum Gasteiger partial charge on any atom is -0.494 e. The highest BCUT2D eigenvalue weighted by molar-refractivity contribution is 8.00. The van der Waals surface area contributed by atoms with Crippen molar-refractivity contribution < 1.29 is 19.1 Å². The number of carbonyl (C=O) groups is 3. The summed E-state index contributed by atoms with van der Waals surface area (Å²) in [5.74, 6) is -0.462. The number of hydrogen-bond acceptors (Lipinski definition) is 5. The third-order valence-electron chi connectivity index (χ3n) is 6.93. The number of halogens is 2. The smallest absolute Gasteiger partial charge is 0.272 e. The van der Waals surface area contributed by atoms with E-state index >= 15 is 0 Å². The van der Waals surface area contributed by atoms with Crippen LogP contribution in [0.4, 0.5) is 11.4 Å². The van der Waals surface area contributed by atoms with Crippen LogP contribution in [0.2, 0.25) is 10.0 Å². The molecule has 3 N–H and O–H groups in total. The van der Waals surface area contributed by atoms with Gasteiger partial charge in [-0.05, 0) is 96.9 Å². The van der Waals surface area contributed by atoms with Crippen molar-refractivity contribution in [3.8, 4) is 5.75 Å². The van der Waals surface area contributed by atoms with Gasteiger partial charge in [0.1, 0.15) is 16.7 Å². The molecule has 0 saturated carbocycles. The van der Waals surface area contributed by atoms with Gasteiger partial charge in [-0.2, -0.15) is 0 Å². The van der Waals surface area contributed by atoms with E-state index in [2.05, 4.69) is 16.0 Å². The number of carbonyl (C=O) groups excluding carboxylic acids is 3. The average Bonchev–Trinajstić information content (AvgIpc) is 3.10. The highest BCUT2D eigenvalue weighted by atomic mass is 35.5. The van der Waals surface area contributed by atoms with Crippen molar-refractivity contribution in [2.75, 3.05) is 17.2 Å². The first-order valence-corrected chi connectivity index (χ1v) is 16.6. The van der Waals surface area contributed by atoms with Crippen molar-refractivity contribution in [1.82, 2.24) is 5.32 Å². The Labute approximate surface area is 293 Å². The quantitative estimate of drug-likeness (QED) is 0.0893. The fourth-order valence-electron chi connectivity index (χ4n) is 4.58. The first-order chi connectivity index (χ1) is 23.3. The molecule has 0 aliphatic heterocycles. The molecule has 48 heavy (non-hydrogen) atoms. The Hall–Kier alpha value is -5.02. The zero-order chi connectivity index (χ0) is 33.9. The van der Waals surface area contributed by atoms with E-state index in [9.17, 15) is 14.4 Å². The second kappa shape index (κ2) is 16.7. The Balaban J connectivity index is 1.32. The average molecular weight is 697 g/mol. The lowest BCUT2D eigenvalue weighted by atomic mass is 10.1. The summed E-state index contributed by atoms with van der Waals surface area (Å²) in [5.41, 5.74) is 2.86. The largest absolute Gasteiger partial charge is 0.494 e. The summed E-state index contributed by atoms with van der Waals surface area (Å²) in [4.78, 5) is 40.8. The monoisotopic (exact) mass is 695 g/mol. The number of benzene rings is 5. The summed E-state index contributed by atoms with van der Waals surface area (Å²) in [6.45, 7) is 2.47. The van der Waals surface area contributed by atoms with E-state index < -0.39 is 17.1 Å². The van der Waals surface area contributed by atoms with Crippen molar-refractivity contribution in [3.63, 3.8) is 0 Å². The summed E-state index contributed by atoms with van der Waals surface area (Å²) < 4.78 is 5.50. The molecule has 7 nitrogen and oxygen atoms in total. The first-order valence-electron chi connectivity index (χ1n) is 15.0. The van der Waals surface area contributed by atoms with E-state index in [1.54, 1.807) is 72.8 Å². The molecule has 1 atom stereocenters. The van der Waals surface area contributed by atoms with E-state index in [1.165, 1.54) is 17.8 Å². The summed E-state index contributed by atoms with van der Waals surface area (Å²) in [6.07, 6.45) is 1.49. The standard InChI is InChI=1S/C38H31Cl2N3O4S/c1-2-47-31-19-15-29(16-20-31)42-38(46)35(25-9-5-3-6-10-25)48-32-21-17-30(18-22-32)41-37(45)34(23-27-13-14-28(39)24-33(27)40)43-36(44)26-11-7-4-8-12-26/h3-24,35H,2H2,1H3,(H,41,45)(H,42,46)(H,43,44)/b34-23-. The number of rotatable bonds is 12. The van der Waals surface area contributed by atoms with Gasteiger partial charge in [0.05, 0.1) is 6.61 Å². The van der Waals surface area contributed by atoms with E-state index in [1.807, 2.05) is 61.5 Å². The molecule has 0 spiro atoms. The molecule has 0 aromatic heterocycles. The molecule has 0 fully saturated rings. The third-order valence-corrected chi connectivity index (χ3v) is 8.76. The van der Waals surface area contributed by atoms with Gasteiger partial charge < -0.3 is 20.7 Å². The van der Waals surface area contributed by atoms with Crippen LogP contribution in [-0.4, -0.2) is 24.3 Å². The Morgan fingerprint density at radius 1 is 0.771 bits per heavy atom. The minimum atomic E-state index is -0.553. The summed E-state index contributed by atoms with van der Waals surface area (Å²) >= 11 is 13.8. The van der Waals surface area contributed by atoms with Crippen molar-refractivity contribution in [1.29, 1.82) is 0 Å². The maximum absolute atomic E-state index is 13.5. The topological polar surface area (TPSA) is 96.5 Å². The van der Waals surface area contributed by atoms with Gasteiger partial charge in [0, 0.05) is 31.9 Å². The van der Waals surface area contributed by atoms with Crippen LogP contribution in [0, 0.1) is 0 Å². The number of ether oxygens (including phenoxy) is 1. The Kier molecular flexibility index (Phi) is 11.9. The molecule has 242 valence electrons. The molecular formula is C38H31Cl2N3O4S. The second-order valence-corrected chi connectivity index (χ2v) is 12.4. The molecule has 0 bridgehead atoms. The molecule has 1 unspecified atom stereocenters. The Morgan fingerprint density at radius 2 is 1.40 bits per heavy atom. The van der Waals surface area contributed by atoms with Gasteiger partial charge in [-0.1, -0.05) is 77.8 Å². The Morgan fingerprint density at radius 3 is 2.04 bits per heavy atom. The van der Waals surface area contributed by atoms with E-state index in [0.717, 1.165) is 16.2 Å². The lowest BCUT2D eigenvalue weighted by Crippen LogP contribution is -2.30. The van der Waals surface area contributed by atoms with Crippen LogP contribution < -0.4 is 20.7 Å². The number of thioether (sulfide) groups is 1. The molecular weight excluding hydrogens is 665 g/mol. The first kappa shape index (κ1) is 34.3. The van der Waals surface area contributed by atoms with Crippen LogP contribution >= 0.6 is 35.0 Å². The number of hydrogen-bond donors (Lipinski definition) is 3. The molecule has 0 aliphatic rings. The Bertz CT molecular complexity index is 1900. The maximum Gasteiger partial charge on any atom is 0.272 e. The number of amides is 3. The minimum absolute atomic E-state index is 0.0124. The predicted octanol–water partition coefficient (Wildman–Crippen LogP) is 9.27. The summed E-state index contributed by atoms with van der Waals surface area (Å²) in [7, 11) is 0. The molecule has 3 amide bonds. The van der Waals surface area contributed by atoms with Crippen LogP contribution in [0.1, 0.15) is 33.7 Å². The van der Waals surface area contributed by atoms with Gasteiger partial charge in [-0.3, -0.25) is 14.4 Å². The molecule has 5 aromatic rings. The predicted molar refractivity (Wildman–Crippen MR) is 195 cm³/mol. The van der Waals surface area contributed by atoms with Gasteiger partial charge in [0.15, 0.2) is 0 Å². The zero-order valence-electron chi connectivity index (χ0n) is 25.8. The van der Waals surface area contributed by atoms with Crippen LogP contribution in [0.5, 0.6) is 5.75 Å². The fourth-order valence-corrected chi connectivity index (χ4v) is 6.07. The highest BCUT2D eigenvalue weighted by Gasteiger charge is 2.23. The van der Waals surface area contributed by atoms with Crippen LogP contribution in [0.25, 0.3) is 6.08 Å². The van der Waals surface area contributed by atoms with Crippen molar-refractivity contribution in [2.24, 2.45) is 0 Å². The van der Waals surface area contributed by atoms with E-state index in [4.69, 9.17) is 27.9 Å². The van der Waals surface area contributed by atoms with E-state index in [-0.39, 0.29) is 11.6 Å². The van der Waals surface area contributed by atoms with Crippen molar-refractivity contribution in [2.45, 2.75) is 17.1 Å². The van der Waals surface area contributed by atoms with Crippen molar-refractivity contribution >= 4 is 70.1 Å². The second-order valence-electron chi connectivity index (χ2n) is 10.4. The molecule has 10 heteroatoms. The lowest BCUT2D eigenvalue weighted by molar-refractivity contribution is -0.116. The molecule has 0 saturated heterocycles. The SMILES string of the molecule is CCOc1ccc(NC(=O)C(Sc2ccc(NC(=O)/C(=C/c3ccc(Cl)cc3Cl)NC(=O)c3ccccc3)cc2)c2ccccc2)cc1. The fraction of sp³-hybridized carbons (Fsp3) is 0.0789. The lowest BCUT2D eigenvalue weighted by Gasteiger charge is -2.18. The van der Waals surface area contributed by atoms with Gasteiger partial charge >= 0.3 is 0 Å². The molecule has 0 heterocycles. The number of nitrogens with one attached hydrogen (secondary N) is 3. The molecule has 0 radical (unpaired) electrons. The number of anilines is 2. The molecule has 5 aromatic carbocycles. The molecule has 5 rings (SSSR count). The van der Waals surface area contributed by atoms with Gasteiger partial charge in [-0.15, -0.1) is 11.8 Å². The third kappa shape index (κ3) is 9.51. The van der Waals surface area contributed by atoms with Gasteiger partial charge in [0.2, 0.25) is 5.91 Å². The van der Waals surface area contributed by atoms with Gasteiger partial charge in [-0.25, -0.2) is 0 Å². The van der Waals surface area contributed by atoms with Gasteiger partial charge in [0.25, 0.3) is 11.8 Å². The normalized spacial score (nSPS) is 11.7. The zero-order valence-corrected chi connectivity index (χ0v) is 28.1. The van der Waals surface area contributed by atoms with Crippen molar-refractivity contribution in [3.05, 3.63) is 160 Å². The van der Waals surface area contributed by atoms with Crippen LogP contribution in [-0.2, 0) is 9.59 Å². The van der Waals surface area contributed by atoms with Crippen LogP contribution in [0.15, 0.2) is 138 Å². The van der Waals surface area contributed by atoms with Crippen LogP contribution in [0.3, 0.4) is 0 Å². The van der Waals surface area contributed by atoms with E-state index in [0.29, 0.717) is 39.2 Å².